The van der Waals surface area contributed by atoms with E-state index in [-0.39, 0.29) is 53.5 Å². The number of aliphatic hydroxyl groups is 10. The van der Waals surface area contributed by atoms with Gasteiger partial charge in [-0.15, -0.1) is 0 Å². The number of allylic oxidation sites excluding steroid dienone is 8. The second kappa shape index (κ2) is 28.0. The van der Waals surface area contributed by atoms with E-state index in [9.17, 15) is 76.4 Å². The average molecular weight is 1090 g/mol. The molecule has 2 aromatic carbocycles. The van der Waals surface area contributed by atoms with Crippen LogP contribution in [0, 0.1) is 0 Å². The van der Waals surface area contributed by atoms with E-state index < -0.39 is 130 Å². The van der Waals surface area contributed by atoms with E-state index in [1.54, 1.807) is 66.8 Å². The maximum absolute atomic E-state index is 13.3. The van der Waals surface area contributed by atoms with Crippen molar-refractivity contribution in [3.63, 3.8) is 0 Å². The quantitative estimate of drug-likeness (QED) is 0.0149. The summed E-state index contributed by atoms with van der Waals surface area (Å²) < 4.78 is 68.3. The molecule has 1 radical (unpaired) electrons. The van der Waals surface area contributed by atoms with Crippen LogP contribution >= 0.6 is 0 Å². The molecule has 2 heterocycles. The zero-order chi connectivity index (χ0) is 54.6. The molecule has 0 bridgehead atoms. The number of anilines is 1. The Hall–Kier alpha value is -3.77. The van der Waals surface area contributed by atoms with Crippen molar-refractivity contribution < 1.29 is 91.2 Å². The van der Waals surface area contributed by atoms with E-state index in [0.717, 1.165) is 33.9 Å². The number of hydrogen-bond donors (Lipinski definition) is 13. The maximum atomic E-state index is 13.3. The first-order chi connectivity index (χ1) is 34.1. The molecule has 0 aromatic heterocycles. The van der Waals surface area contributed by atoms with Crippen molar-refractivity contribution in [1.29, 1.82) is 0 Å². The summed E-state index contributed by atoms with van der Waals surface area (Å²) in [4.78, 5) is 28.5. The number of hydrogen-bond acceptors (Lipinski definition) is 18. The molecule has 13 N–H and O–H groups in total. The number of nitrogens with zero attached hydrogens (tertiary/aromatic N) is 2. The van der Waals surface area contributed by atoms with Crippen LogP contribution in [0.3, 0.4) is 0 Å². The molecule has 0 spiro atoms. The zero-order valence-electron chi connectivity index (χ0n) is 42.1. The van der Waals surface area contributed by atoms with Crippen LogP contribution in [0.15, 0.2) is 84.6 Å². The Morgan fingerprint density at radius 1 is 0.662 bits per heavy atom. The third kappa shape index (κ3) is 17.1. The second-order valence-corrected chi connectivity index (χ2v) is 22.2. The molecule has 0 saturated carbocycles. The molecule has 2 aromatic rings. The van der Waals surface area contributed by atoms with Crippen molar-refractivity contribution >= 4 is 78.7 Å². The van der Waals surface area contributed by atoms with Crippen LogP contribution in [0.1, 0.15) is 85.2 Å². The molecular formula is C49H70N4NaO18S2. The van der Waals surface area contributed by atoms with E-state index in [1.807, 2.05) is 49.3 Å². The van der Waals surface area contributed by atoms with E-state index >= 15 is 0 Å². The van der Waals surface area contributed by atoms with Crippen LogP contribution in [0.25, 0.3) is 0 Å². The van der Waals surface area contributed by atoms with Gasteiger partial charge >= 0.3 is 0 Å². The normalized spacial score (nSPS) is 19.2. The fourth-order valence-electron chi connectivity index (χ4n) is 8.67. The molecule has 4 rings (SSSR count). The third-order valence-corrected chi connectivity index (χ3v) is 14.5. The van der Waals surface area contributed by atoms with Gasteiger partial charge in [-0.3, -0.25) is 14.1 Å². The van der Waals surface area contributed by atoms with Crippen LogP contribution in [-0.2, 0) is 31.1 Å². The van der Waals surface area contributed by atoms with Gasteiger partial charge in [0.1, 0.15) is 43.2 Å². The molecule has 2 aliphatic heterocycles. The minimum Gasteiger partial charge on any atom is -0.748 e. The van der Waals surface area contributed by atoms with Gasteiger partial charge in [-0.25, -0.2) is 8.42 Å². The first-order valence-corrected chi connectivity index (χ1v) is 26.8. The molecule has 407 valence electrons. The van der Waals surface area contributed by atoms with Crippen LogP contribution in [0.5, 0.6) is 0 Å². The number of aliphatic hydroxyl groups excluding tert-OH is 10. The first kappa shape index (κ1) is 64.5. The number of nitrogens with one attached hydrogen (secondary N) is 2. The summed E-state index contributed by atoms with van der Waals surface area (Å²) in [5.74, 6) is -2.20. The summed E-state index contributed by atoms with van der Waals surface area (Å²) in [5.41, 5.74) is 3.46. The maximum Gasteiger partial charge on any atom is 0.264 e. The van der Waals surface area contributed by atoms with Gasteiger partial charge in [0.25, 0.3) is 21.9 Å². The average Bonchev–Trinajstić information content (AvgIpc) is 3.68. The van der Waals surface area contributed by atoms with Crippen LogP contribution < -0.4 is 15.5 Å². The third-order valence-electron chi connectivity index (χ3n) is 12.9. The van der Waals surface area contributed by atoms with E-state index in [0.29, 0.717) is 25.9 Å². The number of benzene rings is 2. The molecule has 0 aliphatic carbocycles. The van der Waals surface area contributed by atoms with E-state index in [1.165, 1.54) is 0 Å². The van der Waals surface area contributed by atoms with Gasteiger partial charge in [0.15, 0.2) is 5.71 Å². The summed E-state index contributed by atoms with van der Waals surface area (Å²) in [6.45, 7) is 5.70. The van der Waals surface area contributed by atoms with Crippen LogP contribution in [0.2, 0.25) is 0 Å². The molecule has 25 heteroatoms. The van der Waals surface area contributed by atoms with Gasteiger partial charge in [-0.05, 0) is 75.1 Å². The van der Waals surface area contributed by atoms with Crippen LogP contribution in [-0.4, -0.2) is 228 Å². The monoisotopic (exact) mass is 1090 g/mol. The van der Waals surface area contributed by atoms with Crippen molar-refractivity contribution in [2.24, 2.45) is 0 Å². The molecule has 2 aliphatic rings. The Morgan fingerprint density at radius 3 is 1.68 bits per heavy atom. The van der Waals surface area contributed by atoms with Crippen molar-refractivity contribution in [2.45, 2.75) is 113 Å². The van der Waals surface area contributed by atoms with Gasteiger partial charge in [0.05, 0.1) is 46.7 Å². The number of amides is 2. The minimum absolute atomic E-state index is 0. The Kier molecular flexibility index (Phi) is 24.4. The molecular weight excluding hydrogens is 1020 g/mol. The van der Waals surface area contributed by atoms with Crippen molar-refractivity contribution in [3.05, 3.63) is 107 Å². The number of unbranched alkanes of at least 4 members (excludes halogenated alkanes) is 2. The number of fused-ring (bicyclic) bond motifs is 2. The first-order valence-electron chi connectivity index (χ1n) is 23.6. The summed E-state index contributed by atoms with van der Waals surface area (Å²) in [6, 6.07) is 9.88. The predicted octanol–water partition coefficient (Wildman–Crippen LogP) is -1.64. The van der Waals surface area contributed by atoms with Crippen LogP contribution in [0.4, 0.5) is 11.4 Å². The summed E-state index contributed by atoms with van der Waals surface area (Å²) in [6.07, 6.45) is -0.640. The SMILES string of the molecule is CC1(C)C(/C=C/C=C/C=C/C=C2\N(CCCCS(=O)(=O)[O-])c3ccc(C(=O)NC[C@H](O)[C@@H](O)[C@H](O)[C@H](O)CO)cc3C2(C)C)=[N+](CCCCS(=O)(=O)O)c2ccc(C(=O)NC[C@H](O)[C@@H](O)[C@H](O)[C@H](O)CO)cc21.[Na]. The molecule has 74 heavy (non-hydrogen) atoms. The van der Waals surface area contributed by atoms with Gasteiger partial charge < -0.3 is 71.2 Å². The summed E-state index contributed by atoms with van der Waals surface area (Å²) >= 11 is 0. The number of rotatable bonds is 28. The Bertz CT molecular complexity index is 2640. The fraction of sp³-hybridized carbons (Fsp3) is 0.531. The number of carbonyl (C=O) groups is 2. The van der Waals surface area contributed by atoms with Crippen molar-refractivity contribution in [2.75, 3.05) is 55.8 Å². The Labute approximate surface area is 453 Å². The molecule has 0 fully saturated rings. The topological polar surface area (TPSA) is 378 Å². The summed E-state index contributed by atoms with van der Waals surface area (Å²) in [5, 5.41) is 103. The largest absolute Gasteiger partial charge is 0.748 e. The molecule has 0 saturated heterocycles. The minimum atomic E-state index is -4.44. The summed E-state index contributed by atoms with van der Waals surface area (Å²) in [7, 11) is -8.63. The van der Waals surface area contributed by atoms with Gasteiger partial charge in [-0.2, -0.15) is 13.0 Å². The zero-order valence-corrected chi connectivity index (χ0v) is 45.7. The van der Waals surface area contributed by atoms with Crippen molar-refractivity contribution in [3.8, 4) is 0 Å². The predicted molar refractivity (Wildman–Crippen MR) is 274 cm³/mol. The van der Waals surface area contributed by atoms with Gasteiger partial charge in [0, 0.05) is 107 Å². The standard InChI is InChI=1S/C49H70N4O18S2.Na/c1-48(2)32-24-30(46(64)50-26-36(56)42(60)44(62)38(58)28-54)16-18-34(32)52(20-10-12-22-72(66,67)68)40(48)14-8-6-5-7-9-15-41-49(3,4)33-25-31(17-19-35(33)53(41)21-11-13-23-73(69,70)71)47(65)51-27-37(57)43(61)45(63)39(59)29-55;/h5-9,14-19,24-25,36-39,42-45,54-63H,10-13,20-23,26-29H2,1-4H3,(H3-,50,51,64,65,66,67,68,69,70,71);/t36-,37-,38+,39+,42+,43+,44+,45+;/m0./s1. The Balaban J connectivity index is 0.0000144. The van der Waals surface area contributed by atoms with Gasteiger partial charge in [0.2, 0.25) is 5.69 Å². The van der Waals surface area contributed by atoms with Gasteiger partial charge in [-0.1, -0.05) is 44.2 Å². The molecule has 8 atom stereocenters. The molecule has 2 amide bonds. The Morgan fingerprint density at radius 2 is 1.15 bits per heavy atom. The molecule has 0 unspecified atom stereocenters. The van der Waals surface area contributed by atoms with Crippen molar-refractivity contribution in [1.82, 2.24) is 10.6 Å². The van der Waals surface area contributed by atoms with E-state index in [2.05, 4.69) is 10.6 Å². The van der Waals surface area contributed by atoms with E-state index in [4.69, 9.17) is 10.2 Å². The smallest absolute Gasteiger partial charge is 0.264 e. The molecule has 22 nitrogen and oxygen atoms in total. The fourth-order valence-corrected chi connectivity index (χ4v) is 9.80. The second-order valence-electron chi connectivity index (χ2n) is 19.1. The number of carbonyl (C=O) groups excluding carboxylic acids is 2.